The molecule has 12 saturated heterocycles. The molecule has 35 heteroatoms. The van der Waals surface area contributed by atoms with Crippen LogP contribution in [0.15, 0.2) is 0 Å². The van der Waals surface area contributed by atoms with E-state index in [4.69, 9.17) is 121 Å². The number of rotatable bonds is 17. The summed E-state index contributed by atoms with van der Waals surface area (Å²) in [5, 5.41) is 47.0. The molecule has 12 rings (SSSR count). The van der Waals surface area contributed by atoms with Gasteiger partial charge in [0.2, 0.25) is 18.9 Å². The molecule has 0 aromatic heterocycles. The highest BCUT2D eigenvalue weighted by molar-refractivity contribution is 6.20. The van der Waals surface area contributed by atoms with Crippen molar-refractivity contribution < 1.29 is 162 Å². The van der Waals surface area contributed by atoms with E-state index < -0.39 is 144 Å². The van der Waals surface area contributed by atoms with Gasteiger partial charge in [-0.15, -0.1) is 0 Å². The van der Waals surface area contributed by atoms with Crippen molar-refractivity contribution in [2.75, 3.05) is 35.0 Å². The van der Waals surface area contributed by atoms with Crippen molar-refractivity contribution >= 4 is 35.3 Å². The summed E-state index contributed by atoms with van der Waals surface area (Å²) in [5.41, 5.74) is -7.53. The molecular formula is C98H197ClF4O30. The number of esters is 3. The fourth-order valence-corrected chi connectivity index (χ4v) is 17.1. The molecule has 0 aliphatic carbocycles. The van der Waals surface area contributed by atoms with E-state index in [1.165, 1.54) is 55.8 Å². The van der Waals surface area contributed by atoms with Crippen LogP contribution in [-0.4, -0.2) is 278 Å². The minimum absolute atomic E-state index is 0. The zero-order valence-electron chi connectivity index (χ0n) is 80.5. The van der Waals surface area contributed by atoms with E-state index in [9.17, 15) is 52.1 Å². The van der Waals surface area contributed by atoms with Gasteiger partial charge in [0.15, 0.2) is 89.4 Å². The SMILES string of the molecule is C.C.C.C.C.C.C.C.C.CC1(C)OC2[C@@H](O[C@H](CO)[C@@H]2O)O1.CC[C@H]1O[C@@H](Cl)C(C)(F)[C@H]1C.CC[C@H]1O[C@@H](O)C(C)(F)[C@H]1C.CC[C@H]1O[C@@H](OC(C)=O)C(C)(F)[C@H]1C.CC[C@H]1O[C@@H](OC(C)=O)C(OC(C)=O)[C@H]1C.CC[C@H]1O[C@@H](OC)C(=O)[C@H]1C.CC[C@H]1O[C@@H](OC)C(C)(F)[C@H]1C.CC[C@H]1O[C@@H](OC)C(C)(O)[C@H]1C.CC[C@H]1O[C@@H](OC)C(O)[C@H]1C.CC[C@H]1O[C@H]2OC(C)(C)OC2[C@H]1C. The third kappa shape index (κ3) is 37.1. The predicted octanol–water partition coefficient (Wildman–Crippen LogP) is 19.4. The summed E-state index contributed by atoms with van der Waals surface area (Å²) in [6.07, 6.45) is -0.841. The smallest absolute Gasteiger partial charge is 0.305 e. The molecule has 133 heavy (non-hydrogen) atoms. The van der Waals surface area contributed by atoms with Crippen LogP contribution in [0.2, 0.25) is 0 Å². The molecule has 12 aliphatic heterocycles. The Bertz CT molecular complexity index is 2990. The monoisotopic (exact) mass is 1970 g/mol. The first-order valence-corrected chi connectivity index (χ1v) is 45.0. The topological polar surface area (TPSA) is 363 Å². The van der Waals surface area contributed by atoms with Gasteiger partial charge in [0.25, 0.3) is 0 Å². The van der Waals surface area contributed by atoms with Crippen LogP contribution < -0.4 is 0 Å². The second-order valence-electron chi connectivity index (χ2n) is 36.0. The third-order valence-corrected chi connectivity index (χ3v) is 26.7. The minimum Gasteiger partial charge on any atom is -0.455 e. The number of hydrogen-bond donors (Lipinski definition) is 5. The molecule has 30 nitrogen and oxygen atoms in total. The van der Waals surface area contributed by atoms with Crippen molar-refractivity contribution in [1.29, 1.82) is 0 Å². The van der Waals surface area contributed by atoms with E-state index >= 15 is 0 Å². The number of halogens is 5. The molecule has 0 radical (unpaired) electrons. The summed E-state index contributed by atoms with van der Waals surface area (Å²) in [6.45, 7) is 53.9. The maximum Gasteiger partial charge on any atom is 0.305 e. The van der Waals surface area contributed by atoms with Gasteiger partial charge < -0.3 is 125 Å². The van der Waals surface area contributed by atoms with Gasteiger partial charge >= 0.3 is 17.9 Å². The summed E-state index contributed by atoms with van der Waals surface area (Å²) < 4.78 is 166. The van der Waals surface area contributed by atoms with E-state index in [-0.39, 0.29) is 188 Å². The van der Waals surface area contributed by atoms with Crippen LogP contribution in [0.4, 0.5) is 17.6 Å². The molecule has 9 unspecified atom stereocenters. The lowest BCUT2D eigenvalue weighted by Crippen LogP contribution is -2.40. The van der Waals surface area contributed by atoms with Gasteiger partial charge in [-0.2, -0.15) is 0 Å². The zero-order valence-corrected chi connectivity index (χ0v) is 81.3. The summed E-state index contributed by atoms with van der Waals surface area (Å²) in [5.74, 6) is -2.35. The summed E-state index contributed by atoms with van der Waals surface area (Å²) in [4.78, 5) is 43.8. The van der Waals surface area contributed by atoms with Crippen LogP contribution in [-0.2, 0) is 119 Å². The summed E-state index contributed by atoms with van der Waals surface area (Å²) in [7, 11) is 6.09. The molecule has 0 aromatic carbocycles. The molecule has 12 heterocycles. The number of aliphatic hydroxyl groups is 5. The highest BCUT2D eigenvalue weighted by atomic mass is 35.5. The first-order valence-electron chi connectivity index (χ1n) is 44.6. The second kappa shape index (κ2) is 62.6. The molecule has 12 aliphatic rings. The van der Waals surface area contributed by atoms with Gasteiger partial charge in [0.05, 0.1) is 61.5 Å². The van der Waals surface area contributed by atoms with E-state index in [1.54, 1.807) is 55.8 Å². The Balaban J connectivity index is -0.000000264. The van der Waals surface area contributed by atoms with Crippen LogP contribution in [0.25, 0.3) is 0 Å². The van der Waals surface area contributed by atoms with Gasteiger partial charge in [-0.1, -0.05) is 203 Å². The highest BCUT2D eigenvalue weighted by Crippen LogP contribution is 2.47. The molecule has 0 spiro atoms. The lowest BCUT2D eigenvalue weighted by Gasteiger charge is -2.26. The lowest BCUT2D eigenvalue weighted by atomic mass is 9.88. The lowest BCUT2D eigenvalue weighted by molar-refractivity contribution is -0.218. The number of ketones is 1. The Labute approximate surface area is 807 Å². The second-order valence-corrected chi connectivity index (χ2v) is 36.4. The molecule has 0 saturated carbocycles. The Morgan fingerprint density at radius 2 is 0.722 bits per heavy atom. The average molecular weight is 1970 g/mol. The van der Waals surface area contributed by atoms with Gasteiger partial charge in [-0.3, -0.25) is 19.2 Å². The highest BCUT2D eigenvalue weighted by Gasteiger charge is 2.59. The van der Waals surface area contributed by atoms with Crippen LogP contribution >= 0.6 is 11.6 Å². The average Bonchev–Trinajstić information content (AvgIpc) is 1.62. The molecule has 12 fully saturated rings. The van der Waals surface area contributed by atoms with E-state index in [1.807, 2.05) is 104 Å². The number of Topliss-reactive ketones (excluding diaryl/α,β-unsaturated/α-hetero) is 1. The predicted molar refractivity (Wildman–Crippen MR) is 510 cm³/mol. The summed E-state index contributed by atoms with van der Waals surface area (Å²) in [6, 6.07) is 0. The Hall–Kier alpha value is -2.83. The molecule has 0 bridgehead atoms. The fourth-order valence-electron chi connectivity index (χ4n) is 16.8. The molecule has 804 valence electrons. The van der Waals surface area contributed by atoms with E-state index in [0.29, 0.717) is 12.0 Å². The van der Waals surface area contributed by atoms with Crippen LogP contribution in [0.5, 0.6) is 0 Å². The molecule has 39 atom stereocenters. The first-order chi connectivity index (χ1) is 57.4. The zero-order chi connectivity index (χ0) is 95.4. The maximum atomic E-state index is 14.1. The Kier molecular flexibility index (Phi) is 67.3. The van der Waals surface area contributed by atoms with Crippen LogP contribution in [0.1, 0.15) is 332 Å². The number of fused-ring (bicyclic) bond motifs is 2. The number of ether oxygens (including phenoxy) is 21. The Morgan fingerprint density at radius 3 is 1.02 bits per heavy atom. The normalized spacial score (nSPS) is 42.0. The van der Waals surface area contributed by atoms with Crippen molar-refractivity contribution in [3.63, 3.8) is 0 Å². The number of aliphatic hydroxyl groups excluding tert-OH is 4. The quantitative estimate of drug-likeness (QED) is 0.0391. The van der Waals surface area contributed by atoms with Crippen molar-refractivity contribution in [3.05, 3.63) is 0 Å². The third-order valence-electron chi connectivity index (χ3n) is 26.2. The Morgan fingerprint density at radius 1 is 0.368 bits per heavy atom. The van der Waals surface area contributed by atoms with Gasteiger partial charge in [-0.05, 0) is 120 Å². The molecule has 0 aromatic rings. The van der Waals surface area contributed by atoms with Crippen molar-refractivity contribution in [1.82, 2.24) is 0 Å². The number of methoxy groups -OCH3 is 4. The minimum atomic E-state index is -1.59. The molecule has 5 N–H and O–H groups in total. The van der Waals surface area contributed by atoms with E-state index in [0.717, 1.165) is 57.8 Å². The van der Waals surface area contributed by atoms with Crippen molar-refractivity contribution in [2.24, 2.45) is 53.3 Å². The van der Waals surface area contributed by atoms with Crippen LogP contribution in [0.3, 0.4) is 0 Å². The van der Waals surface area contributed by atoms with Gasteiger partial charge in [0.1, 0.15) is 36.1 Å². The molecule has 0 amide bonds. The van der Waals surface area contributed by atoms with Crippen molar-refractivity contribution in [3.8, 4) is 0 Å². The number of alkyl halides is 5. The number of hydrogen-bond acceptors (Lipinski definition) is 30. The largest absolute Gasteiger partial charge is 0.455 e. The summed E-state index contributed by atoms with van der Waals surface area (Å²) >= 11 is 5.67. The number of carbonyl (C=O) groups is 4. The number of carbonyl (C=O) groups excluding carboxylic acids is 4. The maximum absolute atomic E-state index is 14.1. The fraction of sp³-hybridized carbons (Fsp3) is 0.959. The first kappa shape index (κ1) is 143. The van der Waals surface area contributed by atoms with Crippen LogP contribution in [0, 0.1) is 53.3 Å². The van der Waals surface area contributed by atoms with Gasteiger partial charge in [-0.25, -0.2) is 17.6 Å². The standard InChI is InChI=1S/C11H18O5.C10H17FO3.C10H18O3.C9H17FO2.C9H18O3.C8H14ClFO.C8H15FO2.C8H14O5.C8H16O3.C8H14O3.9CH4/c1-5-9-6(2)10(14-7(3)12)11(16-9)15-8(4)13;1-5-8-6(2)10(4,11)9(14-8)13-7(3)12;1-5-7-6(2)8-9(11-7)13-10(3,4)12-8;2*1-5-7-6(2)9(3,10)8(11-4)12-7;1-4-6-5(2)8(3,10)7(9)11-6;1-4-6-5(2)8(3,9)7(10)11-6;1-8(2)12-6-5(10)4(3-9)11-7(6)13-8;2*1-4-6-5(2)7(9)8(10-3)11-6;;;;;;;;;/h6,9-11H,5H2,1-4H3;6,8-9H,5H2,1-4H3;6-9H,5H2,1-4H3;6-8H,5H2,1-4H3;6-8,10H,5H2,1-4H3;5-7H,4H2,1-3H3;5-7,10H,4H2,1-3H3;4-7,9-10H,3H2,1-2H3;5-9H,4H2,1-3H3;5-6,8H,4H2,1-3H3;9*1H4/t6-,9+,10?,11+;6-,8+,9+,10?;6-,7+,8?,9-;2*6-,7+,8+,9?;2*5-,6+,7+,8?;4-,5+,6?,7+;5-,6+,7?,8+;5-,6+,8+;;;;;;;;;/m0000000100........./s1. The molecular weight excluding hydrogens is 1770 g/mol. The van der Waals surface area contributed by atoms with Gasteiger partial charge in [0, 0.05) is 102 Å². The van der Waals surface area contributed by atoms with E-state index in [2.05, 4.69) is 20.8 Å². The van der Waals surface area contributed by atoms with Crippen molar-refractivity contribution in [2.45, 2.75) is 526 Å².